The predicted octanol–water partition coefficient (Wildman–Crippen LogP) is 3.67. The highest BCUT2D eigenvalue weighted by Crippen LogP contribution is 2.37. The molecule has 0 radical (unpaired) electrons. The largest absolute Gasteiger partial charge is 0.482 e. The molecule has 0 aliphatic carbocycles. The second-order valence-corrected chi connectivity index (χ2v) is 6.57. The Morgan fingerprint density at radius 2 is 1.80 bits per heavy atom. The van der Waals surface area contributed by atoms with Crippen molar-refractivity contribution in [1.82, 2.24) is 5.32 Å². The van der Waals surface area contributed by atoms with Crippen LogP contribution in [0.3, 0.4) is 0 Å². The number of carbonyl (C=O) groups excluding carboxylic acids is 1. The molecule has 4 heteroatoms. The fourth-order valence-electron chi connectivity index (χ4n) is 3.48. The predicted molar refractivity (Wildman–Crippen MR) is 97.7 cm³/mol. The summed E-state index contributed by atoms with van der Waals surface area (Å²) in [5.74, 6) is 0.625. The third-order valence-electron chi connectivity index (χ3n) is 4.98. The molecule has 2 aromatic rings. The number of methoxy groups -OCH3 is 1. The summed E-state index contributed by atoms with van der Waals surface area (Å²) >= 11 is 0. The van der Waals surface area contributed by atoms with Crippen LogP contribution in [-0.4, -0.2) is 31.8 Å². The van der Waals surface area contributed by atoms with E-state index in [1.54, 1.807) is 12.1 Å². The summed E-state index contributed by atoms with van der Waals surface area (Å²) in [4.78, 5) is 11.5. The molecule has 2 aliphatic heterocycles. The van der Waals surface area contributed by atoms with Crippen LogP contribution in [0, 0.1) is 0 Å². The molecule has 1 spiro atoms. The Balaban J connectivity index is 1.60. The van der Waals surface area contributed by atoms with Gasteiger partial charge in [0, 0.05) is 18.4 Å². The van der Waals surface area contributed by atoms with Crippen LogP contribution < -0.4 is 10.1 Å². The smallest absolute Gasteiger partial charge is 0.337 e. The van der Waals surface area contributed by atoms with Crippen molar-refractivity contribution in [3.8, 4) is 16.9 Å². The third kappa shape index (κ3) is 3.05. The van der Waals surface area contributed by atoms with Gasteiger partial charge in [0.05, 0.1) is 12.7 Å². The minimum absolute atomic E-state index is 0.151. The van der Waals surface area contributed by atoms with E-state index >= 15 is 0 Å². The molecule has 2 heterocycles. The van der Waals surface area contributed by atoms with E-state index < -0.39 is 0 Å². The first-order valence-corrected chi connectivity index (χ1v) is 8.61. The maximum absolute atomic E-state index is 11.5. The van der Waals surface area contributed by atoms with Crippen molar-refractivity contribution < 1.29 is 14.3 Å². The van der Waals surface area contributed by atoms with E-state index in [0.29, 0.717) is 5.56 Å². The van der Waals surface area contributed by atoms with Crippen molar-refractivity contribution in [3.05, 3.63) is 59.7 Å². The second kappa shape index (κ2) is 6.37. The number of esters is 1. The molecule has 0 amide bonds. The Morgan fingerprint density at radius 1 is 1.08 bits per heavy atom. The van der Waals surface area contributed by atoms with Crippen LogP contribution in [0.25, 0.3) is 17.2 Å². The van der Waals surface area contributed by atoms with Gasteiger partial charge in [0.1, 0.15) is 11.4 Å². The van der Waals surface area contributed by atoms with E-state index in [-0.39, 0.29) is 11.6 Å². The van der Waals surface area contributed by atoms with E-state index in [2.05, 4.69) is 29.6 Å². The molecular weight excluding hydrogens is 314 g/mol. The number of ether oxygens (including phenoxy) is 2. The number of carbonyl (C=O) groups is 1. The average Bonchev–Trinajstić information content (AvgIpc) is 2.68. The number of hydrogen-bond donors (Lipinski definition) is 1. The van der Waals surface area contributed by atoms with Crippen LogP contribution >= 0.6 is 0 Å². The van der Waals surface area contributed by atoms with Gasteiger partial charge >= 0.3 is 5.97 Å². The molecule has 4 nitrogen and oxygen atoms in total. The lowest BCUT2D eigenvalue weighted by molar-refractivity contribution is 0.0600. The number of rotatable bonds is 2. The van der Waals surface area contributed by atoms with Crippen molar-refractivity contribution >= 4 is 12.0 Å². The van der Waals surface area contributed by atoms with Gasteiger partial charge in [0.25, 0.3) is 0 Å². The zero-order valence-corrected chi connectivity index (χ0v) is 14.2. The topological polar surface area (TPSA) is 47.6 Å². The second-order valence-electron chi connectivity index (χ2n) is 6.57. The number of fused-ring (bicyclic) bond motifs is 1. The third-order valence-corrected chi connectivity index (χ3v) is 4.98. The highest BCUT2D eigenvalue weighted by Gasteiger charge is 2.34. The SMILES string of the molecule is COC(=O)c1ccc(-c2ccc3c(c2)C=CC2(CCNCC2)O3)cc1. The van der Waals surface area contributed by atoms with Gasteiger partial charge in [-0.25, -0.2) is 4.79 Å². The molecule has 4 rings (SSSR count). The minimum Gasteiger partial charge on any atom is -0.482 e. The van der Waals surface area contributed by atoms with Gasteiger partial charge in [-0.3, -0.25) is 0 Å². The van der Waals surface area contributed by atoms with E-state index in [0.717, 1.165) is 48.4 Å². The Labute approximate surface area is 147 Å². The molecule has 0 atom stereocenters. The number of benzene rings is 2. The Morgan fingerprint density at radius 3 is 2.52 bits per heavy atom. The molecular formula is C21H21NO3. The number of nitrogens with one attached hydrogen (secondary N) is 1. The van der Waals surface area contributed by atoms with E-state index in [1.165, 1.54) is 7.11 Å². The maximum Gasteiger partial charge on any atom is 0.337 e. The van der Waals surface area contributed by atoms with Gasteiger partial charge in [-0.05, 0) is 54.6 Å². The molecule has 0 bridgehead atoms. The van der Waals surface area contributed by atoms with Crippen LogP contribution in [-0.2, 0) is 4.74 Å². The van der Waals surface area contributed by atoms with E-state index in [1.807, 2.05) is 18.2 Å². The molecule has 2 aromatic carbocycles. The van der Waals surface area contributed by atoms with Crippen LogP contribution in [0.2, 0.25) is 0 Å². The molecule has 0 aromatic heterocycles. The summed E-state index contributed by atoms with van der Waals surface area (Å²) in [6.45, 7) is 1.98. The lowest BCUT2D eigenvalue weighted by atomic mass is 9.88. The van der Waals surface area contributed by atoms with Gasteiger partial charge in [0.15, 0.2) is 0 Å². The molecule has 1 saturated heterocycles. The first-order chi connectivity index (χ1) is 12.2. The highest BCUT2D eigenvalue weighted by molar-refractivity contribution is 5.90. The summed E-state index contributed by atoms with van der Waals surface area (Å²) in [5.41, 5.74) is 3.66. The standard InChI is InChI=1S/C21H21NO3/c1-24-20(23)16-4-2-15(3-5-16)17-6-7-19-18(14-17)8-9-21(25-19)10-12-22-13-11-21/h2-9,14,22H,10-13H2,1H3. The average molecular weight is 335 g/mol. The Hall–Kier alpha value is -2.59. The summed E-state index contributed by atoms with van der Waals surface area (Å²) in [7, 11) is 1.39. The van der Waals surface area contributed by atoms with Crippen molar-refractivity contribution in [3.63, 3.8) is 0 Å². The van der Waals surface area contributed by atoms with Gasteiger partial charge in [-0.1, -0.05) is 24.3 Å². The van der Waals surface area contributed by atoms with E-state index in [9.17, 15) is 4.79 Å². The van der Waals surface area contributed by atoms with Gasteiger partial charge in [-0.2, -0.15) is 0 Å². The van der Waals surface area contributed by atoms with Gasteiger partial charge < -0.3 is 14.8 Å². The molecule has 2 aliphatic rings. The zero-order valence-electron chi connectivity index (χ0n) is 14.2. The fraction of sp³-hybridized carbons (Fsp3) is 0.286. The van der Waals surface area contributed by atoms with Crippen LogP contribution in [0.15, 0.2) is 48.5 Å². The Kier molecular flexibility index (Phi) is 4.06. The number of piperidine rings is 1. The van der Waals surface area contributed by atoms with Gasteiger partial charge in [0.2, 0.25) is 0 Å². The molecule has 1 N–H and O–H groups in total. The van der Waals surface area contributed by atoms with Crippen molar-refractivity contribution in [1.29, 1.82) is 0 Å². The van der Waals surface area contributed by atoms with E-state index in [4.69, 9.17) is 9.47 Å². The highest BCUT2D eigenvalue weighted by atomic mass is 16.5. The summed E-state index contributed by atoms with van der Waals surface area (Å²) in [6, 6.07) is 13.7. The van der Waals surface area contributed by atoms with Crippen molar-refractivity contribution in [2.75, 3.05) is 20.2 Å². The lowest BCUT2D eigenvalue weighted by Crippen LogP contribution is -2.45. The Bertz CT molecular complexity index is 818. The normalized spacial score (nSPS) is 17.6. The molecule has 25 heavy (non-hydrogen) atoms. The maximum atomic E-state index is 11.5. The van der Waals surface area contributed by atoms with Crippen molar-refractivity contribution in [2.24, 2.45) is 0 Å². The quantitative estimate of drug-likeness (QED) is 0.851. The van der Waals surface area contributed by atoms with Crippen molar-refractivity contribution in [2.45, 2.75) is 18.4 Å². The molecule has 1 fully saturated rings. The minimum atomic E-state index is -0.319. The fourth-order valence-corrected chi connectivity index (χ4v) is 3.48. The first-order valence-electron chi connectivity index (χ1n) is 8.61. The lowest BCUT2D eigenvalue weighted by Gasteiger charge is -2.38. The number of hydrogen-bond acceptors (Lipinski definition) is 4. The summed E-state index contributed by atoms with van der Waals surface area (Å²) in [6.07, 6.45) is 6.39. The zero-order chi connectivity index (χ0) is 17.3. The monoisotopic (exact) mass is 335 g/mol. The van der Waals surface area contributed by atoms with Crippen LogP contribution in [0.4, 0.5) is 0 Å². The van der Waals surface area contributed by atoms with Crippen LogP contribution in [0.5, 0.6) is 5.75 Å². The first kappa shape index (κ1) is 15.9. The molecule has 128 valence electrons. The summed E-state index contributed by atoms with van der Waals surface area (Å²) in [5, 5.41) is 3.38. The molecule has 0 unspecified atom stereocenters. The molecule has 0 saturated carbocycles. The van der Waals surface area contributed by atoms with Crippen LogP contribution in [0.1, 0.15) is 28.8 Å². The van der Waals surface area contributed by atoms with Gasteiger partial charge in [-0.15, -0.1) is 0 Å². The summed E-state index contributed by atoms with van der Waals surface area (Å²) < 4.78 is 11.1.